The molecular weight excluding hydrogens is 262 g/mol. The Kier molecular flexibility index (Phi) is 5.68. The van der Waals surface area contributed by atoms with Gasteiger partial charge in [0, 0.05) is 19.4 Å². The fraction of sp³-hybridized carbons (Fsp3) is 0.944. The Hall–Kier alpha value is -0.590. The van der Waals surface area contributed by atoms with Gasteiger partial charge in [0.25, 0.3) is 0 Å². The van der Waals surface area contributed by atoms with Gasteiger partial charge in [-0.25, -0.2) is 0 Å². The van der Waals surface area contributed by atoms with E-state index in [4.69, 9.17) is 4.74 Å². The lowest BCUT2D eigenvalue weighted by molar-refractivity contribution is -0.163. The summed E-state index contributed by atoms with van der Waals surface area (Å²) in [6.45, 7) is 4.98. The molecule has 1 saturated carbocycles. The third kappa shape index (κ3) is 3.43. The van der Waals surface area contributed by atoms with E-state index in [1.165, 1.54) is 12.8 Å². The molecule has 0 spiro atoms. The highest BCUT2D eigenvalue weighted by atomic mass is 16.5. The Morgan fingerprint density at radius 2 is 1.81 bits per heavy atom. The van der Waals surface area contributed by atoms with E-state index in [2.05, 4.69) is 19.9 Å². The maximum atomic E-state index is 11.3. The molecule has 1 aliphatic heterocycles. The van der Waals surface area contributed by atoms with Gasteiger partial charge >= 0.3 is 0 Å². The molecule has 0 aromatic carbocycles. The van der Waals surface area contributed by atoms with Gasteiger partial charge in [-0.1, -0.05) is 33.1 Å². The van der Waals surface area contributed by atoms with E-state index in [0.29, 0.717) is 19.4 Å². The SMILES string of the molecule is CCCC1CCC(C#N)(C2(O)CCOC(CCC)C2)CC1. The second kappa shape index (κ2) is 7.11. The molecule has 0 aromatic rings. The molecule has 1 heterocycles. The highest BCUT2D eigenvalue weighted by molar-refractivity contribution is 5.14. The van der Waals surface area contributed by atoms with Gasteiger partial charge in [-0.3, -0.25) is 0 Å². The quantitative estimate of drug-likeness (QED) is 0.826. The van der Waals surface area contributed by atoms with Crippen molar-refractivity contribution in [2.45, 2.75) is 89.8 Å². The van der Waals surface area contributed by atoms with Crippen LogP contribution in [0.15, 0.2) is 0 Å². The van der Waals surface area contributed by atoms with E-state index >= 15 is 0 Å². The van der Waals surface area contributed by atoms with Gasteiger partial charge in [-0.15, -0.1) is 0 Å². The van der Waals surface area contributed by atoms with Gasteiger partial charge in [-0.05, 0) is 38.0 Å². The minimum absolute atomic E-state index is 0.132. The van der Waals surface area contributed by atoms with Crippen LogP contribution in [-0.4, -0.2) is 23.4 Å². The van der Waals surface area contributed by atoms with Crippen molar-refractivity contribution < 1.29 is 9.84 Å². The van der Waals surface area contributed by atoms with E-state index in [1.807, 2.05) is 0 Å². The van der Waals surface area contributed by atoms with Crippen molar-refractivity contribution in [3.63, 3.8) is 0 Å². The summed E-state index contributed by atoms with van der Waals surface area (Å²) < 4.78 is 5.78. The average Bonchev–Trinajstić information content (AvgIpc) is 2.49. The summed E-state index contributed by atoms with van der Waals surface area (Å²) in [4.78, 5) is 0. The van der Waals surface area contributed by atoms with Crippen LogP contribution in [0, 0.1) is 22.7 Å². The predicted octanol–water partition coefficient (Wildman–Crippen LogP) is 4.20. The van der Waals surface area contributed by atoms with Crippen molar-refractivity contribution in [3.8, 4) is 6.07 Å². The number of nitriles is 1. The van der Waals surface area contributed by atoms with Crippen molar-refractivity contribution in [3.05, 3.63) is 0 Å². The molecule has 120 valence electrons. The smallest absolute Gasteiger partial charge is 0.0879 e. The Labute approximate surface area is 129 Å². The third-order valence-electron chi connectivity index (χ3n) is 5.81. The number of rotatable bonds is 5. The molecule has 2 aliphatic rings. The van der Waals surface area contributed by atoms with Crippen LogP contribution in [0.1, 0.15) is 78.1 Å². The van der Waals surface area contributed by atoms with Crippen LogP contribution in [0.4, 0.5) is 0 Å². The maximum absolute atomic E-state index is 11.3. The van der Waals surface area contributed by atoms with Crippen LogP contribution in [-0.2, 0) is 4.74 Å². The molecule has 1 N–H and O–H groups in total. The molecular formula is C18H31NO2. The average molecular weight is 293 g/mol. The third-order valence-corrected chi connectivity index (χ3v) is 5.81. The van der Waals surface area contributed by atoms with Crippen molar-refractivity contribution >= 4 is 0 Å². The lowest BCUT2D eigenvalue weighted by atomic mass is 9.58. The Balaban J connectivity index is 2.07. The summed E-state index contributed by atoms with van der Waals surface area (Å²) >= 11 is 0. The molecule has 0 amide bonds. The summed E-state index contributed by atoms with van der Waals surface area (Å²) in [6, 6.07) is 2.55. The van der Waals surface area contributed by atoms with Crippen LogP contribution in [0.2, 0.25) is 0 Å². The van der Waals surface area contributed by atoms with Crippen molar-refractivity contribution in [2.24, 2.45) is 11.3 Å². The summed E-state index contributed by atoms with van der Waals surface area (Å²) in [5.41, 5.74) is -1.37. The van der Waals surface area contributed by atoms with E-state index in [1.54, 1.807) is 0 Å². The zero-order chi connectivity index (χ0) is 15.3. The lowest BCUT2D eigenvalue weighted by Gasteiger charge is -2.50. The first-order valence-corrected chi connectivity index (χ1v) is 8.84. The Morgan fingerprint density at radius 1 is 1.14 bits per heavy atom. The number of hydrogen-bond acceptors (Lipinski definition) is 3. The standard InChI is InChI=1S/C18H31NO2/c1-3-5-15-7-9-17(14-19,10-8-15)18(20)11-12-21-16(13-18)6-4-2/h15-16,20H,3-13H2,1-2H3. The van der Waals surface area contributed by atoms with Crippen LogP contribution in [0.25, 0.3) is 0 Å². The fourth-order valence-corrected chi connectivity index (χ4v) is 4.42. The largest absolute Gasteiger partial charge is 0.388 e. The monoisotopic (exact) mass is 293 g/mol. The minimum Gasteiger partial charge on any atom is -0.388 e. The summed E-state index contributed by atoms with van der Waals surface area (Å²) in [7, 11) is 0. The topological polar surface area (TPSA) is 53.2 Å². The molecule has 1 saturated heterocycles. The molecule has 21 heavy (non-hydrogen) atoms. The molecule has 0 bridgehead atoms. The zero-order valence-corrected chi connectivity index (χ0v) is 13.7. The molecule has 2 fully saturated rings. The lowest BCUT2D eigenvalue weighted by Crippen LogP contribution is -2.54. The van der Waals surface area contributed by atoms with E-state index in [0.717, 1.165) is 44.4 Å². The highest BCUT2D eigenvalue weighted by Crippen LogP contribution is 2.51. The zero-order valence-electron chi connectivity index (χ0n) is 13.7. The van der Waals surface area contributed by atoms with Crippen LogP contribution in [0.5, 0.6) is 0 Å². The first-order chi connectivity index (χ1) is 10.1. The van der Waals surface area contributed by atoms with E-state index in [9.17, 15) is 10.4 Å². The molecule has 1 aliphatic carbocycles. The van der Waals surface area contributed by atoms with Gasteiger partial charge in [0.15, 0.2) is 0 Å². The first-order valence-electron chi connectivity index (χ1n) is 8.84. The van der Waals surface area contributed by atoms with Gasteiger partial charge < -0.3 is 9.84 Å². The first kappa shape index (κ1) is 16.8. The van der Waals surface area contributed by atoms with Gasteiger partial charge in [0.1, 0.15) is 0 Å². The van der Waals surface area contributed by atoms with Crippen LogP contribution in [0.3, 0.4) is 0 Å². The highest BCUT2D eigenvalue weighted by Gasteiger charge is 2.54. The predicted molar refractivity (Wildman–Crippen MR) is 83.7 cm³/mol. The molecule has 3 nitrogen and oxygen atoms in total. The van der Waals surface area contributed by atoms with Crippen molar-refractivity contribution in [2.75, 3.05) is 6.61 Å². The van der Waals surface area contributed by atoms with Crippen molar-refractivity contribution in [1.29, 1.82) is 5.26 Å². The molecule has 2 rings (SSSR count). The summed E-state index contributed by atoms with van der Waals surface area (Å²) in [6.07, 6.45) is 9.88. The van der Waals surface area contributed by atoms with Crippen LogP contribution >= 0.6 is 0 Å². The Morgan fingerprint density at radius 3 is 2.38 bits per heavy atom. The molecule has 2 unspecified atom stereocenters. The number of hydrogen-bond donors (Lipinski definition) is 1. The summed E-state index contributed by atoms with van der Waals surface area (Å²) in [5, 5.41) is 21.1. The fourth-order valence-electron chi connectivity index (χ4n) is 4.42. The molecule has 2 atom stereocenters. The van der Waals surface area contributed by atoms with Gasteiger partial charge in [0.2, 0.25) is 0 Å². The van der Waals surface area contributed by atoms with Crippen LogP contribution < -0.4 is 0 Å². The second-order valence-corrected chi connectivity index (χ2v) is 7.19. The van der Waals surface area contributed by atoms with E-state index in [-0.39, 0.29) is 6.10 Å². The van der Waals surface area contributed by atoms with E-state index < -0.39 is 11.0 Å². The maximum Gasteiger partial charge on any atom is 0.0879 e. The van der Waals surface area contributed by atoms with Crippen molar-refractivity contribution in [1.82, 2.24) is 0 Å². The molecule has 0 aromatic heterocycles. The van der Waals surface area contributed by atoms with Gasteiger partial charge in [0.05, 0.1) is 23.2 Å². The normalized spacial score (nSPS) is 40.7. The second-order valence-electron chi connectivity index (χ2n) is 7.19. The molecule has 0 radical (unpaired) electrons. The summed E-state index contributed by atoms with van der Waals surface area (Å²) in [5.74, 6) is 0.756. The number of aliphatic hydroxyl groups is 1. The minimum atomic E-state index is -0.836. The number of nitrogens with zero attached hydrogens (tertiary/aromatic N) is 1. The molecule has 3 heteroatoms. The number of ether oxygens (including phenoxy) is 1. The van der Waals surface area contributed by atoms with Gasteiger partial charge in [-0.2, -0.15) is 5.26 Å². The Bertz CT molecular complexity index is 366.